The minimum atomic E-state index is -3.78. The van der Waals surface area contributed by atoms with Gasteiger partial charge < -0.3 is 9.32 Å². The number of fused-ring (bicyclic) bond motifs is 1. The molecule has 0 radical (unpaired) electrons. The predicted octanol–water partition coefficient (Wildman–Crippen LogP) is 2.94. The number of aryl methyl sites for hydroxylation is 1. The lowest BCUT2D eigenvalue weighted by atomic mass is 10.1. The van der Waals surface area contributed by atoms with E-state index in [0.717, 1.165) is 23.0 Å². The number of sulfonamides is 1. The van der Waals surface area contributed by atoms with Crippen LogP contribution in [0, 0.1) is 11.3 Å². The Morgan fingerprint density at radius 3 is 2.58 bits per heavy atom. The third-order valence-electron chi connectivity index (χ3n) is 5.69. The second-order valence-electron chi connectivity index (χ2n) is 7.51. The van der Waals surface area contributed by atoms with E-state index in [1.807, 2.05) is 24.3 Å². The molecule has 1 amide bonds. The molecular formula is C23H23N3O4S. The summed E-state index contributed by atoms with van der Waals surface area (Å²) in [5.41, 5.74) is 2.91. The number of amides is 1. The molecule has 0 aliphatic carbocycles. The number of hydrogen-bond acceptors (Lipinski definition) is 5. The van der Waals surface area contributed by atoms with Gasteiger partial charge in [0.2, 0.25) is 15.9 Å². The molecule has 1 saturated heterocycles. The van der Waals surface area contributed by atoms with Gasteiger partial charge in [-0.15, -0.1) is 0 Å². The van der Waals surface area contributed by atoms with E-state index in [-0.39, 0.29) is 35.9 Å². The molecule has 2 heterocycles. The van der Waals surface area contributed by atoms with Gasteiger partial charge in [-0.1, -0.05) is 31.2 Å². The molecule has 1 aromatic heterocycles. The van der Waals surface area contributed by atoms with Gasteiger partial charge >= 0.3 is 0 Å². The highest BCUT2D eigenvalue weighted by Crippen LogP contribution is 2.25. The van der Waals surface area contributed by atoms with Crippen molar-refractivity contribution in [2.75, 3.05) is 26.2 Å². The van der Waals surface area contributed by atoms with E-state index < -0.39 is 10.0 Å². The normalized spacial score (nSPS) is 15.2. The maximum Gasteiger partial charge on any atom is 0.244 e. The van der Waals surface area contributed by atoms with Gasteiger partial charge in [-0.2, -0.15) is 9.57 Å². The summed E-state index contributed by atoms with van der Waals surface area (Å²) in [6, 6.07) is 14.1. The minimum Gasteiger partial charge on any atom is -0.464 e. The Morgan fingerprint density at radius 1 is 1.13 bits per heavy atom. The Hall–Kier alpha value is -3.15. The Kier molecular flexibility index (Phi) is 5.81. The molecule has 0 atom stereocenters. The zero-order valence-electron chi connectivity index (χ0n) is 17.2. The van der Waals surface area contributed by atoms with Crippen LogP contribution in [0.4, 0.5) is 0 Å². The van der Waals surface area contributed by atoms with Crippen LogP contribution in [-0.4, -0.2) is 49.7 Å². The van der Waals surface area contributed by atoms with Crippen molar-refractivity contribution < 1.29 is 17.6 Å². The molecule has 3 aromatic rings. The van der Waals surface area contributed by atoms with Crippen molar-refractivity contribution in [2.24, 2.45) is 0 Å². The molecule has 1 aliphatic heterocycles. The monoisotopic (exact) mass is 437 g/mol. The van der Waals surface area contributed by atoms with Gasteiger partial charge in [0.05, 0.1) is 23.1 Å². The lowest BCUT2D eigenvalue weighted by molar-refractivity contribution is -0.131. The molecule has 1 aliphatic rings. The summed E-state index contributed by atoms with van der Waals surface area (Å²) >= 11 is 0. The van der Waals surface area contributed by atoms with Crippen molar-refractivity contribution in [3.63, 3.8) is 0 Å². The number of nitrogens with zero attached hydrogens (tertiary/aromatic N) is 3. The molecular weight excluding hydrogens is 414 g/mol. The lowest BCUT2D eigenvalue weighted by Gasteiger charge is -2.34. The zero-order valence-corrected chi connectivity index (χ0v) is 18.1. The Labute approximate surface area is 181 Å². The molecule has 7 nitrogen and oxygen atoms in total. The van der Waals surface area contributed by atoms with Crippen LogP contribution in [0.5, 0.6) is 0 Å². The Bertz CT molecular complexity index is 1270. The van der Waals surface area contributed by atoms with E-state index in [4.69, 9.17) is 4.42 Å². The van der Waals surface area contributed by atoms with Crippen LogP contribution in [0.1, 0.15) is 23.6 Å². The first kappa shape index (κ1) is 21.1. The molecule has 0 N–H and O–H groups in total. The van der Waals surface area contributed by atoms with Gasteiger partial charge in [-0.05, 0) is 30.2 Å². The standard InChI is InChI=1S/C23H23N3O4S/c1-2-17-7-8-20-19(16-30-21(20)13-17)14-23(27)25-9-11-26(12-10-25)31(28,29)22-6-4-3-5-18(22)15-24/h3-8,13,16H,2,9-12,14H2,1H3. The Balaban J connectivity index is 1.43. The van der Waals surface area contributed by atoms with Gasteiger partial charge in [-0.3, -0.25) is 4.79 Å². The maximum atomic E-state index is 13.0. The van der Waals surface area contributed by atoms with Gasteiger partial charge in [0.15, 0.2) is 0 Å². The van der Waals surface area contributed by atoms with Crippen molar-refractivity contribution in [2.45, 2.75) is 24.7 Å². The van der Waals surface area contributed by atoms with E-state index in [0.29, 0.717) is 13.1 Å². The van der Waals surface area contributed by atoms with Crippen molar-refractivity contribution in [3.05, 3.63) is 65.4 Å². The summed E-state index contributed by atoms with van der Waals surface area (Å²) < 4.78 is 32.9. The second-order valence-corrected chi connectivity index (χ2v) is 9.42. The van der Waals surface area contributed by atoms with Crippen molar-refractivity contribution in [3.8, 4) is 6.07 Å². The van der Waals surface area contributed by atoms with Gasteiger partial charge in [0.1, 0.15) is 11.7 Å². The summed E-state index contributed by atoms with van der Waals surface area (Å²) in [6.45, 7) is 3.08. The fraction of sp³-hybridized carbons (Fsp3) is 0.304. The van der Waals surface area contributed by atoms with Crippen LogP contribution in [-0.2, 0) is 27.7 Å². The Morgan fingerprint density at radius 2 is 1.87 bits per heavy atom. The van der Waals surface area contributed by atoms with E-state index in [1.165, 1.54) is 22.0 Å². The van der Waals surface area contributed by atoms with Crippen LogP contribution < -0.4 is 0 Å². The molecule has 0 unspecified atom stereocenters. The number of furan rings is 1. The van der Waals surface area contributed by atoms with Gasteiger partial charge in [0, 0.05) is 37.1 Å². The average Bonchev–Trinajstić information content (AvgIpc) is 3.20. The smallest absolute Gasteiger partial charge is 0.244 e. The first-order chi connectivity index (χ1) is 14.9. The molecule has 31 heavy (non-hydrogen) atoms. The van der Waals surface area contributed by atoms with Crippen LogP contribution in [0.3, 0.4) is 0 Å². The highest BCUT2D eigenvalue weighted by atomic mass is 32.2. The topological polar surface area (TPSA) is 94.6 Å². The number of carbonyl (C=O) groups is 1. The zero-order chi connectivity index (χ0) is 22.0. The SMILES string of the molecule is CCc1ccc2c(CC(=O)N3CCN(S(=O)(=O)c4ccccc4C#N)CC3)coc2c1. The average molecular weight is 438 g/mol. The number of nitriles is 1. The van der Waals surface area contributed by atoms with Crippen molar-refractivity contribution in [1.82, 2.24) is 9.21 Å². The molecule has 8 heteroatoms. The maximum absolute atomic E-state index is 13.0. The second kappa shape index (κ2) is 8.53. The largest absolute Gasteiger partial charge is 0.464 e. The summed E-state index contributed by atoms with van der Waals surface area (Å²) in [5.74, 6) is -0.0586. The number of piperazine rings is 1. The summed E-state index contributed by atoms with van der Waals surface area (Å²) in [4.78, 5) is 14.5. The fourth-order valence-corrected chi connectivity index (χ4v) is 5.42. The van der Waals surface area contributed by atoms with E-state index in [1.54, 1.807) is 23.3 Å². The van der Waals surface area contributed by atoms with Gasteiger partial charge in [-0.25, -0.2) is 8.42 Å². The molecule has 160 valence electrons. The highest BCUT2D eigenvalue weighted by Gasteiger charge is 2.31. The quantitative estimate of drug-likeness (QED) is 0.612. The molecule has 1 fully saturated rings. The predicted molar refractivity (Wildman–Crippen MR) is 116 cm³/mol. The minimum absolute atomic E-state index is 0.00796. The molecule has 2 aromatic carbocycles. The number of benzene rings is 2. The van der Waals surface area contributed by atoms with E-state index in [9.17, 15) is 18.5 Å². The molecule has 0 bridgehead atoms. The summed E-state index contributed by atoms with van der Waals surface area (Å²) in [7, 11) is -3.78. The summed E-state index contributed by atoms with van der Waals surface area (Å²) in [6.07, 6.45) is 2.75. The number of hydrogen-bond donors (Lipinski definition) is 0. The lowest BCUT2D eigenvalue weighted by Crippen LogP contribution is -2.50. The first-order valence-corrected chi connectivity index (χ1v) is 11.6. The van der Waals surface area contributed by atoms with Crippen LogP contribution >= 0.6 is 0 Å². The van der Waals surface area contributed by atoms with Crippen LogP contribution in [0.2, 0.25) is 0 Å². The number of carbonyl (C=O) groups excluding carboxylic acids is 1. The molecule has 4 rings (SSSR count). The summed E-state index contributed by atoms with van der Waals surface area (Å²) in [5, 5.41) is 10.2. The van der Waals surface area contributed by atoms with Gasteiger partial charge in [0.25, 0.3) is 0 Å². The first-order valence-electron chi connectivity index (χ1n) is 10.2. The molecule has 0 saturated carbocycles. The van der Waals surface area contributed by atoms with Crippen molar-refractivity contribution in [1.29, 1.82) is 5.26 Å². The van der Waals surface area contributed by atoms with E-state index >= 15 is 0 Å². The van der Waals surface area contributed by atoms with E-state index in [2.05, 4.69) is 6.92 Å². The van der Waals surface area contributed by atoms with Crippen molar-refractivity contribution >= 4 is 26.9 Å². The number of rotatable bonds is 5. The third kappa shape index (κ3) is 4.07. The van der Waals surface area contributed by atoms with Crippen LogP contribution in [0.15, 0.2) is 58.0 Å². The van der Waals surface area contributed by atoms with Crippen LogP contribution in [0.25, 0.3) is 11.0 Å². The molecule has 0 spiro atoms. The highest BCUT2D eigenvalue weighted by molar-refractivity contribution is 7.89. The third-order valence-corrected chi connectivity index (χ3v) is 7.64. The fourth-order valence-electron chi connectivity index (χ4n) is 3.86.